The monoisotopic (exact) mass is 271 g/mol. The Morgan fingerprint density at radius 1 is 1.16 bits per heavy atom. The Morgan fingerprint density at radius 3 is 2.74 bits per heavy atom. The van der Waals surface area contributed by atoms with E-state index in [-0.39, 0.29) is 5.91 Å². The molecule has 0 saturated heterocycles. The van der Waals surface area contributed by atoms with Crippen molar-refractivity contribution >= 4 is 17.2 Å². The molecule has 2 aromatic rings. The van der Waals surface area contributed by atoms with E-state index in [1.54, 1.807) is 11.3 Å². The maximum atomic E-state index is 12.1. The summed E-state index contributed by atoms with van der Waals surface area (Å²) in [6.45, 7) is 0.599. The number of fused-ring (bicyclic) bond motifs is 1. The van der Waals surface area contributed by atoms with E-state index in [0.29, 0.717) is 6.54 Å². The number of benzene rings is 1. The largest absolute Gasteiger partial charge is 0.347 e. The van der Waals surface area contributed by atoms with Gasteiger partial charge in [0.05, 0.1) is 4.88 Å². The number of aryl methyl sites for hydroxylation is 2. The molecule has 1 heterocycles. The summed E-state index contributed by atoms with van der Waals surface area (Å²) in [7, 11) is 0. The summed E-state index contributed by atoms with van der Waals surface area (Å²) in [5.41, 5.74) is 2.53. The van der Waals surface area contributed by atoms with E-state index in [0.717, 1.165) is 23.3 Å². The van der Waals surface area contributed by atoms with Crippen molar-refractivity contribution in [1.29, 1.82) is 0 Å². The molecule has 1 aliphatic rings. The summed E-state index contributed by atoms with van der Waals surface area (Å²) < 4.78 is 0. The van der Waals surface area contributed by atoms with Crippen molar-refractivity contribution in [2.45, 2.75) is 32.2 Å². The molecule has 0 atom stereocenters. The summed E-state index contributed by atoms with van der Waals surface area (Å²) in [4.78, 5) is 14.4. The first-order chi connectivity index (χ1) is 9.33. The second-order valence-corrected chi connectivity index (χ2v) is 6.07. The van der Waals surface area contributed by atoms with Crippen LogP contribution in [0.1, 0.15) is 38.5 Å². The Morgan fingerprint density at radius 2 is 1.95 bits per heavy atom. The first kappa shape index (κ1) is 12.4. The first-order valence-corrected chi connectivity index (χ1v) is 7.58. The number of hydrogen-bond donors (Lipinski definition) is 1. The fraction of sp³-hybridized carbons (Fsp3) is 0.312. The van der Waals surface area contributed by atoms with E-state index >= 15 is 0 Å². The molecule has 2 nitrogen and oxygen atoms in total. The Hall–Kier alpha value is -1.61. The van der Waals surface area contributed by atoms with Crippen molar-refractivity contribution < 1.29 is 4.79 Å². The smallest absolute Gasteiger partial charge is 0.261 e. The SMILES string of the molecule is O=C(NCc1ccccc1)c1cc2c(s1)CCCC2. The maximum absolute atomic E-state index is 12.1. The highest BCUT2D eigenvalue weighted by Gasteiger charge is 2.16. The molecule has 1 N–H and O–H groups in total. The van der Waals surface area contributed by atoms with Crippen LogP contribution in [-0.2, 0) is 19.4 Å². The minimum absolute atomic E-state index is 0.0586. The Balaban J connectivity index is 1.65. The summed E-state index contributed by atoms with van der Waals surface area (Å²) in [6, 6.07) is 12.1. The van der Waals surface area contributed by atoms with Gasteiger partial charge in [-0.15, -0.1) is 11.3 Å². The van der Waals surface area contributed by atoms with Gasteiger partial charge in [-0.2, -0.15) is 0 Å². The molecule has 0 spiro atoms. The van der Waals surface area contributed by atoms with Crippen molar-refractivity contribution in [2.75, 3.05) is 0 Å². The van der Waals surface area contributed by atoms with Crippen molar-refractivity contribution in [3.05, 3.63) is 57.3 Å². The number of amides is 1. The molecule has 0 bridgehead atoms. The van der Waals surface area contributed by atoms with Crippen LogP contribution in [0.15, 0.2) is 36.4 Å². The van der Waals surface area contributed by atoms with Gasteiger partial charge in [0.1, 0.15) is 0 Å². The van der Waals surface area contributed by atoms with E-state index < -0.39 is 0 Å². The van der Waals surface area contributed by atoms with Gasteiger partial charge in [-0.1, -0.05) is 30.3 Å². The molecule has 0 fully saturated rings. The van der Waals surface area contributed by atoms with Crippen molar-refractivity contribution in [3.63, 3.8) is 0 Å². The van der Waals surface area contributed by atoms with Gasteiger partial charge in [-0.25, -0.2) is 0 Å². The van der Waals surface area contributed by atoms with Crippen LogP contribution in [0.3, 0.4) is 0 Å². The second-order valence-electron chi connectivity index (χ2n) is 4.93. The lowest BCUT2D eigenvalue weighted by Crippen LogP contribution is -2.21. The highest BCUT2D eigenvalue weighted by Crippen LogP contribution is 2.29. The van der Waals surface area contributed by atoms with Gasteiger partial charge in [0.2, 0.25) is 0 Å². The van der Waals surface area contributed by atoms with E-state index in [2.05, 4.69) is 11.4 Å². The molecule has 1 aromatic carbocycles. The molecule has 3 heteroatoms. The van der Waals surface area contributed by atoms with E-state index in [1.165, 1.54) is 23.3 Å². The van der Waals surface area contributed by atoms with Crippen LogP contribution in [0, 0.1) is 0 Å². The number of carbonyl (C=O) groups excluding carboxylic acids is 1. The number of rotatable bonds is 3. The normalized spacial score (nSPS) is 13.9. The molecule has 3 rings (SSSR count). The maximum Gasteiger partial charge on any atom is 0.261 e. The van der Waals surface area contributed by atoms with E-state index in [1.807, 2.05) is 30.3 Å². The molecule has 0 aliphatic heterocycles. The van der Waals surface area contributed by atoms with Crippen molar-refractivity contribution in [2.24, 2.45) is 0 Å². The quantitative estimate of drug-likeness (QED) is 0.908. The number of thiophene rings is 1. The molecule has 19 heavy (non-hydrogen) atoms. The highest BCUT2D eigenvalue weighted by atomic mass is 32.1. The standard InChI is InChI=1S/C16H17NOS/c18-16(17-11-12-6-2-1-3-7-12)15-10-13-8-4-5-9-14(13)19-15/h1-3,6-7,10H,4-5,8-9,11H2,(H,17,18). The van der Waals surface area contributed by atoms with Crippen LogP contribution in [0.2, 0.25) is 0 Å². The van der Waals surface area contributed by atoms with Gasteiger partial charge in [-0.3, -0.25) is 4.79 Å². The van der Waals surface area contributed by atoms with Gasteiger partial charge in [0.25, 0.3) is 5.91 Å². The lowest BCUT2D eigenvalue weighted by Gasteiger charge is -2.08. The van der Waals surface area contributed by atoms with Crippen LogP contribution >= 0.6 is 11.3 Å². The van der Waals surface area contributed by atoms with Crippen LogP contribution in [-0.4, -0.2) is 5.91 Å². The third-order valence-corrected chi connectivity index (χ3v) is 4.75. The molecule has 0 radical (unpaired) electrons. The number of carbonyl (C=O) groups is 1. The lowest BCUT2D eigenvalue weighted by atomic mass is 9.99. The van der Waals surface area contributed by atoms with Gasteiger partial charge in [0, 0.05) is 11.4 Å². The average Bonchev–Trinajstić information content (AvgIpc) is 2.90. The second kappa shape index (κ2) is 5.57. The summed E-state index contributed by atoms with van der Waals surface area (Å²) >= 11 is 1.67. The van der Waals surface area contributed by atoms with Crippen LogP contribution in [0.25, 0.3) is 0 Å². The third-order valence-electron chi connectivity index (χ3n) is 3.52. The van der Waals surface area contributed by atoms with Gasteiger partial charge >= 0.3 is 0 Å². The summed E-state index contributed by atoms with van der Waals surface area (Å²) in [6.07, 6.45) is 4.80. The fourth-order valence-corrected chi connectivity index (χ4v) is 3.64. The molecule has 1 aromatic heterocycles. The highest BCUT2D eigenvalue weighted by molar-refractivity contribution is 7.14. The lowest BCUT2D eigenvalue weighted by molar-refractivity contribution is 0.0955. The van der Waals surface area contributed by atoms with Crippen molar-refractivity contribution in [3.8, 4) is 0 Å². The number of hydrogen-bond acceptors (Lipinski definition) is 2. The van der Waals surface area contributed by atoms with Gasteiger partial charge < -0.3 is 5.32 Å². The zero-order chi connectivity index (χ0) is 13.1. The minimum Gasteiger partial charge on any atom is -0.347 e. The zero-order valence-electron chi connectivity index (χ0n) is 10.8. The zero-order valence-corrected chi connectivity index (χ0v) is 11.6. The number of nitrogens with one attached hydrogen (secondary N) is 1. The molecule has 1 aliphatic carbocycles. The molecular formula is C16H17NOS. The Bertz CT molecular complexity index is 550. The summed E-state index contributed by atoms with van der Waals surface area (Å²) in [5, 5.41) is 3.00. The van der Waals surface area contributed by atoms with E-state index in [4.69, 9.17) is 0 Å². The van der Waals surface area contributed by atoms with Crippen LogP contribution < -0.4 is 5.32 Å². The van der Waals surface area contributed by atoms with Crippen LogP contribution in [0.5, 0.6) is 0 Å². The van der Waals surface area contributed by atoms with Crippen LogP contribution in [0.4, 0.5) is 0 Å². The molecule has 98 valence electrons. The van der Waals surface area contributed by atoms with Gasteiger partial charge in [-0.05, 0) is 42.9 Å². The average molecular weight is 271 g/mol. The predicted octanol–water partition coefficient (Wildman–Crippen LogP) is 3.56. The Labute approximate surface area is 117 Å². The predicted molar refractivity (Wildman–Crippen MR) is 78.6 cm³/mol. The fourth-order valence-electron chi connectivity index (χ4n) is 2.47. The topological polar surface area (TPSA) is 29.1 Å². The minimum atomic E-state index is 0.0586. The molecule has 1 amide bonds. The first-order valence-electron chi connectivity index (χ1n) is 6.76. The van der Waals surface area contributed by atoms with Crippen molar-refractivity contribution in [1.82, 2.24) is 5.32 Å². The summed E-state index contributed by atoms with van der Waals surface area (Å²) in [5.74, 6) is 0.0586. The van der Waals surface area contributed by atoms with Gasteiger partial charge in [0.15, 0.2) is 0 Å². The van der Waals surface area contributed by atoms with E-state index in [9.17, 15) is 4.79 Å². The molecule has 0 saturated carbocycles. The molecular weight excluding hydrogens is 254 g/mol. The third kappa shape index (κ3) is 2.87. The molecule has 0 unspecified atom stereocenters. The Kier molecular flexibility index (Phi) is 3.65.